The highest BCUT2D eigenvalue weighted by atomic mass is 32.1. The van der Waals surface area contributed by atoms with Crippen molar-refractivity contribution < 1.29 is 9.53 Å². The van der Waals surface area contributed by atoms with Gasteiger partial charge in [-0.25, -0.2) is 4.98 Å². The van der Waals surface area contributed by atoms with Gasteiger partial charge in [-0.3, -0.25) is 9.78 Å². The van der Waals surface area contributed by atoms with E-state index in [2.05, 4.69) is 20.2 Å². The van der Waals surface area contributed by atoms with Gasteiger partial charge in [0.15, 0.2) is 0 Å². The Balaban J connectivity index is 1.49. The quantitative estimate of drug-likeness (QED) is 0.714. The first-order valence-electron chi connectivity index (χ1n) is 9.50. The number of ether oxygens (including phenoxy) is 1. The highest BCUT2D eigenvalue weighted by Crippen LogP contribution is 2.31. The molecular formula is C21H24N4O2S. The fourth-order valence-corrected chi connectivity index (χ4v) is 4.35. The molecule has 2 aromatic heterocycles. The number of carbonyl (C=O) groups excluding carboxylic acids is 1. The van der Waals surface area contributed by atoms with Gasteiger partial charge in [-0.05, 0) is 44.0 Å². The van der Waals surface area contributed by atoms with Crippen LogP contribution in [-0.4, -0.2) is 36.1 Å². The van der Waals surface area contributed by atoms with Gasteiger partial charge in [-0.15, -0.1) is 11.3 Å². The molecule has 1 aliphatic rings. The molecule has 1 atom stereocenters. The molecule has 1 unspecified atom stereocenters. The Morgan fingerprint density at radius 1 is 1.39 bits per heavy atom. The zero-order valence-electron chi connectivity index (χ0n) is 16.1. The van der Waals surface area contributed by atoms with Crippen LogP contribution >= 0.6 is 11.3 Å². The Labute approximate surface area is 168 Å². The van der Waals surface area contributed by atoms with Crippen molar-refractivity contribution >= 4 is 33.8 Å². The number of pyridine rings is 1. The average molecular weight is 397 g/mol. The van der Waals surface area contributed by atoms with Crippen molar-refractivity contribution in [3.05, 3.63) is 46.5 Å². The number of carbonyl (C=O) groups is 1. The zero-order valence-corrected chi connectivity index (χ0v) is 17.0. The van der Waals surface area contributed by atoms with Crippen LogP contribution in [0.25, 0.3) is 10.9 Å². The van der Waals surface area contributed by atoms with Crippen LogP contribution < -0.4 is 15.0 Å². The van der Waals surface area contributed by atoms with E-state index in [1.54, 1.807) is 18.4 Å². The maximum absolute atomic E-state index is 12.7. The number of thiazole rings is 1. The van der Waals surface area contributed by atoms with Crippen LogP contribution in [-0.2, 0) is 11.3 Å². The van der Waals surface area contributed by atoms with E-state index in [-0.39, 0.29) is 11.8 Å². The summed E-state index contributed by atoms with van der Waals surface area (Å²) in [6.07, 6.45) is 3.73. The molecule has 1 fully saturated rings. The van der Waals surface area contributed by atoms with Crippen molar-refractivity contribution in [2.75, 3.05) is 25.1 Å². The average Bonchev–Trinajstić information content (AvgIpc) is 3.16. The lowest BCUT2D eigenvalue weighted by Gasteiger charge is -2.34. The van der Waals surface area contributed by atoms with Gasteiger partial charge in [0.25, 0.3) is 0 Å². The third-order valence-corrected chi connectivity index (χ3v) is 5.99. The Morgan fingerprint density at radius 2 is 2.29 bits per heavy atom. The van der Waals surface area contributed by atoms with Crippen LogP contribution in [0.2, 0.25) is 0 Å². The van der Waals surface area contributed by atoms with Crippen LogP contribution in [0.15, 0.2) is 35.8 Å². The van der Waals surface area contributed by atoms with E-state index in [1.165, 1.54) is 0 Å². The zero-order chi connectivity index (χ0) is 19.5. The molecule has 146 valence electrons. The number of nitrogens with zero attached hydrogens (tertiary/aromatic N) is 3. The molecule has 0 spiro atoms. The van der Waals surface area contributed by atoms with Crippen LogP contribution in [0.3, 0.4) is 0 Å². The number of benzene rings is 1. The molecule has 0 saturated carbocycles. The molecule has 7 heteroatoms. The Kier molecular flexibility index (Phi) is 5.43. The van der Waals surface area contributed by atoms with Crippen molar-refractivity contribution in [2.45, 2.75) is 26.3 Å². The van der Waals surface area contributed by atoms with Gasteiger partial charge < -0.3 is 15.0 Å². The number of anilines is 1. The molecule has 1 N–H and O–H groups in total. The third kappa shape index (κ3) is 3.94. The van der Waals surface area contributed by atoms with E-state index in [4.69, 9.17) is 4.74 Å². The normalized spacial score (nSPS) is 16.9. The van der Waals surface area contributed by atoms with E-state index < -0.39 is 0 Å². The van der Waals surface area contributed by atoms with Gasteiger partial charge >= 0.3 is 0 Å². The van der Waals surface area contributed by atoms with Crippen molar-refractivity contribution in [2.24, 2.45) is 5.92 Å². The molecule has 1 aliphatic heterocycles. The number of rotatable bonds is 5. The second-order valence-corrected chi connectivity index (χ2v) is 8.14. The van der Waals surface area contributed by atoms with Crippen molar-refractivity contribution in [3.63, 3.8) is 0 Å². The van der Waals surface area contributed by atoms with Crippen LogP contribution in [0.1, 0.15) is 23.5 Å². The molecule has 6 nitrogen and oxygen atoms in total. The van der Waals surface area contributed by atoms with Crippen LogP contribution in [0, 0.1) is 12.8 Å². The largest absolute Gasteiger partial charge is 0.497 e. The Morgan fingerprint density at radius 3 is 3.07 bits per heavy atom. The summed E-state index contributed by atoms with van der Waals surface area (Å²) in [6.45, 7) is 4.11. The number of piperidine rings is 1. The summed E-state index contributed by atoms with van der Waals surface area (Å²) in [5.74, 6) is 0.889. The van der Waals surface area contributed by atoms with E-state index >= 15 is 0 Å². The number of fused-ring (bicyclic) bond motifs is 1. The minimum Gasteiger partial charge on any atom is -0.497 e. The van der Waals surface area contributed by atoms with Crippen molar-refractivity contribution in [1.29, 1.82) is 0 Å². The summed E-state index contributed by atoms with van der Waals surface area (Å²) >= 11 is 1.61. The molecule has 3 heterocycles. The van der Waals surface area contributed by atoms with Crippen molar-refractivity contribution in [1.82, 2.24) is 15.3 Å². The lowest BCUT2D eigenvalue weighted by atomic mass is 9.96. The second kappa shape index (κ2) is 8.14. The molecule has 3 aromatic rings. The van der Waals surface area contributed by atoms with Gasteiger partial charge in [-0.2, -0.15) is 0 Å². The molecule has 4 rings (SSSR count). The Hall–Kier alpha value is -2.67. The minimum atomic E-state index is -0.0256. The molecule has 1 saturated heterocycles. The fraction of sp³-hybridized carbons (Fsp3) is 0.381. The molecule has 0 bridgehead atoms. The van der Waals surface area contributed by atoms with E-state index in [9.17, 15) is 4.79 Å². The lowest BCUT2D eigenvalue weighted by Crippen LogP contribution is -2.43. The highest BCUT2D eigenvalue weighted by Gasteiger charge is 2.27. The minimum absolute atomic E-state index is 0.0256. The van der Waals surface area contributed by atoms with Crippen LogP contribution in [0.4, 0.5) is 5.69 Å². The number of aryl methyl sites for hydroxylation is 1. The highest BCUT2D eigenvalue weighted by molar-refractivity contribution is 7.09. The maximum atomic E-state index is 12.7. The monoisotopic (exact) mass is 396 g/mol. The molecule has 1 aromatic carbocycles. The topological polar surface area (TPSA) is 67.3 Å². The van der Waals surface area contributed by atoms with E-state index in [0.29, 0.717) is 13.1 Å². The molecular weight excluding hydrogens is 372 g/mol. The summed E-state index contributed by atoms with van der Waals surface area (Å²) in [5.41, 5.74) is 2.97. The number of aromatic nitrogens is 2. The third-order valence-electron chi connectivity index (χ3n) is 5.17. The lowest BCUT2D eigenvalue weighted by molar-refractivity contribution is -0.125. The predicted octanol–water partition coefficient (Wildman–Crippen LogP) is 3.54. The van der Waals surface area contributed by atoms with Gasteiger partial charge in [0.2, 0.25) is 5.91 Å². The molecule has 0 radical (unpaired) electrons. The smallest absolute Gasteiger partial charge is 0.225 e. The van der Waals surface area contributed by atoms with Gasteiger partial charge in [-0.1, -0.05) is 0 Å². The first-order valence-corrected chi connectivity index (χ1v) is 10.4. The van der Waals surface area contributed by atoms with E-state index in [0.717, 1.165) is 52.4 Å². The molecule has 28 heavy (non-hydrogen) atoms. The number of hydrogen-bond acceptors (Lipinski definition) is 6. The predicted molar refractivity (Wildman–Crippen MR) is 112 cm³/mol. The van der Waals surface area contributed by atoms with Crippen molar-refractivity contribution in [3.8, 4) is 5.75 Å². The van der Waals surface area contributed by atoms with E-state index in [1.807, 2.05) is 42.8 Å². The summed E-state index contributed by atoms with van der Waals surface area (Å²) in [7, 11) is 1.67. The first-order chi connectivity index (χ1) is 13.6. The number of nitrogens with one attached hydrogen (secondary N) is 1. The van der Waals surface area contributed by atoms with Gasteiger partial charge in [0, 0.05) is 35.7 Å². The summed E-state index contributed by atoms with van der Waals surface area (Å²) in [4.78, 5) is 23.9. The summed E-state index contributed by atoms with van der Waals surface area (Å²) in [5, 5.41) is 7.13. The Bertz CT molecular complexity index is 987. The maximum Gasteiger partial charge on any atom is 0.225 e. The molecule has 1 amide bonds. The fourth-order valence-electron chi connectivity index (χ4n) is 3.73. The number of amides is 1. The summed E-state index contributed by atoms with van der Waals surface area (Å²) < 4.78 is 5.38. The van der Waals surface area contributed by atoms with Crippen LogP contribution in [0.5, 0.6) is 5.75 Å². The molecule has 0 aliphatic carbocycles. The number of hydrogen-bond donors (Lipinski definition) is 1. The first kappa shape index (κ1) is 18.7. The van der Waals surface area contributed by atoms with Gasteiger partial charge in [0.05, 0.1) is 35.8 Å². The van der Waals surface area contributed by atoms with Gasteiger partial charge in [0.1, 0.15) is 5.75 Å². The SMILES string of the molecule is COc1ccc2nccc(N3CCCC(C(=O)NCc4csc(C)n4)C3)c2c1. The number of methoxy groups -OCH3 is 1. The second-order valence-electron chi connectivity index (χ2n) is 7.07. The summed E-state index contributed by atoms with van der Waals surface area (Å²) in [6, 6.07) is 7.94. The standard InChI is InChI=1S/C21H24N4O2S/c1-14-24-16(13-28-14)11-23-21(26)15-4-3-9-25(12-15)20-7-8-22-19-6-5-17(27-2)10-18(19)20/h5-8,10,13,15H,3-4,9,11-12H2,1-2H3,(H,23,26).